The molecule has 0 saturated carbocycles. The monoisotopic (exact) mass is 429 g/mol. The number of benzene rings is 2. The number of methoxy groups -OCH3 is 1. The molecule has 0 bridgehead atoms. The van der Waals surface area contributed by atoms with Gasteiger partial charge in [0.05, 0.1) is 30.5 Å². The third kappa shape index (κ3) is 4.21. The lowest BCUT2D eigenvalue weighted by molar-refractivity contribution is -0.136. The highest BCUT2D eigenvalue weighted by Crippen LogP contribution is 2.35. The summed E-state index contributed by atoms with van der Waals surface area (Å²) in [4.78, 5) is 34.3. The molecule has 1 fully saturated rings. The van der Waals surface area contributed by atoms with Crippen LogP contribution in [0.3, 0.4) is 0 Å². The van der Waals surface area contributed by atoms with Gasteiger partial charge in [0.15, 0.2) is 0 Å². The van der Waals surface area contributed by atoms with E-state index in [1.165, 1.54) is 0 Å². The number of aryl methyl sites for hydroxylation is 1. The number of hydrogen-bond donors (Lipinski definition) is 0. The van der Waals surface area contributed by atoms with E-state index in [9.17, 15) is 9.59 Å². The van der Waals surface area contributed by atoms with Crippen molar-refractivity contribution in [3.05, 3.63) is 89.7 Å². The van der Waals surface area contributed by atoms with E-state index in [2.05, 4.69) is 4.98 Å². The first-order chi connectivity index (χ1) is 15.5. The Balaban J connectivity index is 1.61. The maximum atomic E-state index is 13.6. The SMILES string of the molecule is COc1ccc(C)cc1N1CC(C(=O)N(C)C(c2ccccc2)c2ccccn2)CC1=O. The van der Waals surface area contributed by atoms with E-state index in [0.717, 1.165) is 16.8 Å². The molecule has 1 aliphatic rings. The fourth-order valence-corrected chi connectivity index (χ4v) is 4.30. The summed E-state index contributed by atoms with van der Waals surface area (Å²) in [6.07, 6.45) is 1.90. The predicted molar refractivity (Wildman–Crippen MR) is 123 cm³/mol. The number of pyridine rings is 1. The molecular formula is C26H27N3O3. The predicted octanol–water partition coefficient (Wildman–Crippen LogP) is 4.00. The molecule has 6 heteroatoms. The fourth-order valence-electron chi connectivity index (χ4n) is 4.30. The molecule has 32 heavy (non-hydrogen) atoms. The normalized spacial score (nSPS) is 16.7. The van der Waals surface area contributed by atoms with Crippen molar-refractivity contribution in [2.24, 2.45) is 5.92 Å². The molecule has 1 aromatic heterocycles. The number of carbonyl (C=O) groups is 2. The summed E-state index contributed by atoms with van der Waals surface area (Å²) in [6, 6.07) is 20.9. The van der Waals surface area contributed by atoms with Crippen molar-refractivity contribution in [2.75, 3.05) is 25.6 Å². The molecule has 2 atom stereocenters. The first-order valence-corrected chi connectivity index (χ1v) is 10.7. The topological polar surface area (TPSA) is 62.7 Å². The van der Waals surface area contributed by atoms with Crippen LogP contribution in [0.25, 0.3) is 0 Å². The summed E-state index contributed by atoms with van der Waals surface area (Å²) < 4.78 is 5.46. The van der Waals surface area contributed by atoms with E-state index >= 15 is 0 Å². The number of rotatable bonds is 6. The van der Waals surface area contributed by atoms with Crippen molar-refractivity contribution in [2.45, 2.75) is 19.4 Å². The Hall–Kier alpha value is -3.67. The zero-order valence-electron chi connectivity index (χ0n) is 18.6. The van der Waals surface area contributed by atoms with E-state index < -0.39 is 5.92 Å². The van der Waals surface area contributed by atoms with E-state index in [1.54, 1.807) is 30.2 Å². The van der Waals surface area contributed by atoms with Gasteiger partial charge in [-0.1, -0.05) is 42.5 Å². The van der Waals surface area contributed by atoms with Crippen LogP contribution < -0.4 is 9.64 Å². The summed E-state index contributed by atoms with van der Waals surface area (Å²) in [7, 11) is 3.37. The van der Waals surface area contributed by atoms with Gasteiger partial charge in [0.25, 0.3) is 0 Å². The summed E-state index contributed by atoms with van der Waals surface area (Å²) >= 11 is 0. The van der Waals surface area contributed by atoms with Crippen molar-refractivity contribution >= 4 is 17.5 Å². The fraction of sp³-hybridized carbons (Fsp3) is 0.269. The van der Waals surface area contributed by atoms with Crippen molar-refractivity contribution in [3.8, 4) is 5.75 Å². The zero-order valence-corrected chi connectivity index (χ0v) is 18.6. The molecule has 2 aromatic carbocycles. The van der Waals surface area contributed by atoms with Crippen molar-refractivity contribution in [3.63, 3.8) is 0 Å². The number of aromatic nitrogens is 1. The van der Waals surface area contributed by atoms with Gasteiger partial charge in [-0.05, 0) is 42.3 Å². The van der Waals surface area contributed by atoms with Gasteiger partial charge < -0.3 is 14.5 Å². The molecule has 2 heterocycles. The first kappa shape index (κ1) is 21.6. The second-order valence-corrected chi connectivity index (χ2v) is 8.10. The molecule has 0 spiro atoms. The smallest absolute Gasteiger partial charge is 0.228 e. The Morgan fingerprint density at radius 3 is 2.56 bits per heavy atom. The lowest BCUT2D eigenvalue weighted by Crippen LogP contribution is -2.38. The van der Waals surface area contributed by atoms with Crippen LogP contribution in [0.1, 0.15) is 29.3 Å². The minimum absolute atomic E-state index is 0.0743. The zero-order chi connectivity index (χ0) is 22.7. The summed E-state index contributed by atoms with van der Waals surface area (Å²) in [6.45, 7) is 2.29. The van der Waals surface area contributed by atoms with Crippen LogP contribution in [0.15, 0.2) is 72.9 Å². The quantitative estimate of drug-likeness (QED) is 0.594. The van der Waals surface area contributed by atoms with Crippen LogP contribution >= 0.6 is 0 Å². The van der Waals surface area contributed by atoms with E-state index in [0.29, 0.717) is 18.0 Å². The summed E-state index contributed by atoms with van der Waals surface area (Å²) in [5.41, 5.74) is 3.50. The molecule has 0 radical (unpaired) electrons. The van der Waals surface area contributed by atoms with Crippen LogP contribution in [0.4, 0.5) is 5.69 Å². The van der Waals surface area contributed by atoms with Crippen molar-refractivity contribution in [1.82, 2.24) is 9.88 Å². The number of anilines is 1. The Morgan fingerprint density at radius 1 is 1.12 bits per heavy atom. The third-order valence-corrected chi connectivity index (χ3v) is 5.92. The highest BCUT2D eigenvalue weighted by atomic mass is 16.5. The number of nitrogens with zero attached hydrogens (tertiary/aromatic N) is 3. The van der Waals surface area contributed by atoms with Crippen LogP contribution in [-0.2, 0) is 9.59 Å². The molecule has 3 aromatic rings. The Labute approximate surface area is 188 Å². The molecule has 2 unspecified atom stereocenters. The van der Waals surface area contributed by atoms with Gasteiger partial charge in [0, 0.05) is 26.2 Å². The van der Waals surface area contributed by atoms with E-state index in [-0.39, 0.29) is 24.3 Å². The van der Waals surface area contributed by atoms with Crippen LogP contribution in [0.5, 0.6) is 5.75 Å². The van der Waals surface area contributed by atoms with Gasteiger partial charge in [-0.15, -0.1) is 0 Å². The number of ether oxygens (including phenoxy) is 1. The maximum Gasteiger partial charge on any atom is 0.228 e. The highest BCUT2D eigenvalue weighted by Gasteiger charge is 2.39. The largest absolute Gasteiger partial charge is 0.495 e. The minimum atomic E-state index is -0.437. The Kier molecular flexibility index (Phi) is 6.21. The third-order valence-electron chi connectivity index (χ3n) is 5.92. The molecule has 4 rings (SSSR count). The molecule has 0 N–H and O–H groups in total. The Bertz CT molecular complexity index is 1060. The molecule has 2 amide bonds. The van der Waals surface area contributed by atoms with Crippen molar-refractivity contribution in [1.29, 1.82) is 0 Å². The standard InChI is InChI=1S/C26H27N3O3/c1-18-12-13-23(32-3)22(15-18)29-17-20(16-24(29)30)26(31)28(2)25(19-9-5-4-6-10-19)21-11-7-8-14-27-21/h4-15,20,25H,16-17H2,1-3H3. The summed E-state index contributed by atoms with van der Waals surface area (Å²) in [5, 5.41) is 0. The molecule has 1 aliphatic heterocycles. The second kappa shape index (κ2) is 9.22. The average molecular weight is 430 g/mol. The minimum Gasteiger partial charge on any atom is -0.495 e. The molecular weight excluding hydrogens is 402 g/mol. The highest BCUT2D eigenvalue weighted by molar-refractivity contribution is 6.01. The van der Waals surface area contributed by atoms with Crippen LogP contribution in [0, 0.1) is 12.8 Å². The molecule has 0 aliphatic carbocycles. The van der Waals surface area contributed by atoms with Gasteiger partial charge in [-0.3, -0.25) is 14.6 Å². The van der Waals surface area contributed by atoms with Crippen LogP contribution in [-0.4, -0.2) is 42.4 Å². The van der Waals surface area contributed by atoms with E-state index in [4.69, 9.17) is 4.74 Å². The number of carbonyl (C=O) groups excluding carboxylic acids is 2. The van der Waals surface area contributed by atoms with Gasteiger partial charge in [0.2, 0.25) is 11.8 Å². The maximum absolute atomic E-state index is 13.6. The lowest BCUT2D eigenvalue weighted by atomic mass is 9.99. The van der Waals surface area contributed by atoms with Crippen molar-refractivity contribution < 1.29 is 14.3 Å². The average Bonchev–Trinajstić information content (AvgIpc) is 3.21. The van der Waals surface area contributed by atoms with Crippen LogP contribution in [0.2, 0.25) is 0 Å². The Morgan fingerprint density at radius 2 is 1.88 bits per heavy atom. The molecule has 6 nitrogen and oxygen atoms in total. The van der Waals surface area contributed by atoms with Gasteiger partial charge >= 0.3 is 0 Å². The van der Waals surface area contributed by atoms with Gasteiger partial charge in [-0.2, -0.15) is 0 Å². The van der Waals surface area contributed by atoms with E-state index in [1.807, 2.05) is 73.7 Å². The second-order valence-electron chi connectivity index (χ2n) is 8.10. The lowest BCUT2D eigenvalue weighted by Gasteiger charge is -2.30. The number of hydrogen-bond acceptors (Lipinski definition) is 4. The van der Waals surface area contributed by atoms with Gasteiger partial charge in [0.1, 0.15) is 5.75 Å². The summed E-state index contributed by atoms with van der Waals surface area (Å²) in [5.74, 6) is 0.0374. The molecule has 1 saturated heterocycles. The first-order valence-electron chi connectivity index (χ1n) is 10.7. The molecule has 164 valence electrons. The van der Waals surface area contributed by atoms with Gasteiger partial charge in [-0.25, -0.2) is 0 Å². The number of amides is 2.